The third kappa shape index (κ3) is 5.13. The molecule has 2 N–H and O–H groups in total. The second kappa shape index (κ2) is 8.18. The summed E-state index contributed by atoms with van der Waals surface area (Å²) in [7, 11) is 0. The number of rotatable bonds is 6. The van der Waals surface area contributed by atoms with Crippen LogP contribution in [0, 0.1) is 11.3 Å². The molecule has 6 heteroatoms. The molecule has 5 nitrogen and oxygen atoms in total. The van der Waals surface area contributed by atoms with Crippen LogP contribution in [-0.2, 0) is 11.3 Å². The number of amides is 1. The monoisotopic (exact) mass is 419 g/mol. The Balaban J connectivity index is 1.14. The van der Waals surface area contributed by atoms with Gasteiger partial charge in [0.1, 0.15) is 0 Å². The molecule has 2 saturated carbocycles. The highest BCUT2D eigenvalue weighted by atomic mass is 35.5. The second-order valence-corrected chi connectivity index (χ2v) is 10.6. The van der Waals surface area contributed by atoms with Gasteiger partial charge in [-0.3, -0.25) is 9.69 Å². The molecule has 160 valence electrons. The highest BCUT2D eigenvalue weighted by molar-refractivity contribution is 6.30. The van der Waals surface area contributed by atoms with Gasteiger partial charge < -0.3 is 15.3 Å². The molecule has 1 aliphatic heterocycles. The minimum Gasteiger partial charge on any atom is -0.389 e. The normalized spacial score (nSPS) is 30.1. The minimum atomic E-state index is -0.672. The van der Waals surface area contributed by atoms with Crippen molar-refractivity contribution < 1.29 is 9.90 Å². The molecule has 2 aliphatic carbocycles. The van der Waals surface area contributed by atoms with Crippen molar-refractivity contribution >= 4 is 17.5 Å². The SMILES string of the molecule is CC(C)(O)CN1CCN(C(=O)C2CC3(CC(NCc4ccc(Cl)cc4)C3)C2)CC1. The molecule has 1 amide bonds. The molecule has 1 spiro atoms. The Hall–Kier alpha value is -1.14. The number of hydrogen-bond acceptors (Lipinski definition) is 4. The van der Waals surface area contributed by atoms with Crippen LogP contribution in [0.2, 0.25) is 5.02 Å². The fourth-order valence-electron chi connectivity index (χ4n) is 5.42. The summed E-state index contributed by atoms with van der Waals surface area (Å²) in [5.74, 6) is 0.587. The van der Waals surface area contributed by atoms with Crippen molar-refractivity contribution in [1.29, 1.82) is 0 Å². The van der Waals surface area contributed by atoms with Crippen LogP contribution in [0.5, 0.6) is 0 Å². The molecule has 0 unspecified atom stereocenters. The van der Waals surface area contributed by atoms with Gasteiger partial charge in [0.15, 0.2) is 0 Å². The largest absolute Gasteiger partial charge is 0.389 e. The fourth-order valence-corrected chi connectivity index (χ4v) is 5.55. The molecular formula is C23H34ClN3O2. The van der Waals surface area contributed by atoms with E-state index in [1.807, 2.05) is 30.9 Å². The lowest BCUT2D eigenvalue weighted by molar-refractivity contribution is -0.151. The molecule has 1 saturated heterocycles. The zero-order valence-corrected chi connectivity index (χ0v) is 18.4. The van der Waals surface area contributed by atoms with E-state index in [0.717, 1.165) is 50.6 Å². The zero-order valence-electron chi connectivity index (χ0n) is 17.7. The summed E-state index contributed by atoms with van der Waals surface area (Å²) in [6.45, 7) is 8.56. The predicted octanol–water partition coefficient (Wildman–Crippen LogP) is 2.90. The Morgan fingerprint density at radius 1 is 1.14 bits per heavy atom. The van der Waals surface area contributed by atoms with E-state index in [-0.39, 0.29) is 5.92 Å². The molecule has 1 heterocycles. The van der Waals surface area contributed by atoms with Gasteiger partial charge in [-0.05, 0) is 62.6 Å². The number of carbonyl (C=O) groups excluding carboxylic acids is 1. The molecule has 1 aromatic rings. The Kier molecular flexibility index (Phi) is 5.95. The first-order valence-electron chi connectivity index (χ1n) is 10.9. The van der Waals surface area contributed by atoms with E-state index in [1.165, 1.54) is 18.4 Å². The maximum atomic E-state index is 12.9. The molecule has 1 aromatic carbocycles. The van der Waals surface area contributed by atoms with Crippen molar-refractivity contribution in [3.8, 4) is 0 Å². The molecule has 0 aromatic heterocycles. The number of hydrogen-bond donors (Lipinski definition) is 2. The van der Waals surface area contributed by atoms with Gasteiger partial charge in [-0.1, -0.05) is 23.7 Å². The third-order valence-electron chi connectivity index (χ3n) is 6.87. The van der Waals surface area contributed by atoms with Crippen LogP contribution in [0.1, 0.15) is 45.1 Å². The van der Waals surface area contributed by atoms with Crippen molar-refractivity contribution in [3.63, 3.8) is 0 Å². The number of nitrogens with one attached hydrogen (secondary N) is 1. The average Bonchev–Trinajstić information content (AvgIpc) is 2.59. The quantitative estimate of drug-likeness (QED) is 0.744. The number of piperazine rings is 1. The molecule has 3 fully saturated rings. The number of halogens is 1. The molecule has 29 heavy (non-hydrogen) atoms. The van der Waals surface area contributed by atoms with E-state index in [0.29, 0.717) is 23.9 Å². The summed E-state index contributed by atoms with van der Waals surface area (Å²) in [4.78, 5) is 17.2. The van der Waals surface area contributed by atoms with Gasteiger partial charge in [0.05, 0.1) is 5.60 Å². The smallest absolute Gasteiger partial charge is 0.225 e. The third-order valence-corrected chi connectivity index (χ3v) is 7.12. The van der Waals surface area contributed by atoms with Gasteiger partial charge in [0, 0.05) is 56.3 Å². The lowest BCUT2D eigenvalue weighted by Crippen LogP contribution is -2.59. The Morgan fingerprint density at radius 2 is 1.76 bits per heavy atom. The Bertz CT molecular complexity index is 709. The summed E-state index contributed by atoms with van der Waals surface area (Å²) < 4.78 is 0. The van der Waals surface area contributed by atoms with Gasteiger partial charge in [-0.15, -0.1) is 0 Å². The number of aliphatic hydroxyl groups is 1. The van der Waals surface area contributed by atoms with Crippen molar-refractivity contribution in [1.82, 2.24) is 15.1 Å². The van der Waals surface area contributed by atoms with Crippen LogP contribution in [-0.4, -0.2) is 65.2 Å². The maximum Gasteiger partial charge on any atom is 0.225 e. The summed E-state index contributed by atoms with van der Waals surface area (Å²) in [6, 6.07) is 8.60. The van der Waals surface area contributed by atoms with Crippen LogP contribution in [0.3, 0.4) is 0 Å². The summed E-state index contributed by atoms with van der Waals surface area (Å²) in [5, 5.41) is 14.4. The average molecular weight is 420 g/mol. The zero-order chi connectivity index (χ0) is 20.6. The van der Waals surface area contributed by atoms with Crippen LogP contribution in [0.15, 0.2) is 24.3 Å². The van der Waals surface area contributed by atoms with Crippen molar-refractivity contribution in [2.45, 2.75) is 57.7 Å². The molecule has 3 aliphatic rings. The van der Waals surface area contributed by atoms with E-state index in [1.54, 1.807) is 0 Å². The van der Waals surface area contributed by atoms with Gasteiger partial charge in [0.25, 0.3) is 0 Å². The summed E-state index contributed by atoms with van der Waals surface area (Å²) >= 11 is 5.94. The van der Waals surface area contributed by atoms with Crippen LogP contribution < -0.4 is 5.32 Å². The summed E-state index contributed by atoms with van der Waals surface area (Å²) in [6.07, 6.45) is 4.52. The first-order valence-corrected chi connectivity index (χ1v) is 11.3. The predicted molar refractivity (Wildman–Crippen MR) is 116 cm³/mol. The van der Waals surface area contributed by atoms with E-state index >= 15 is 0 Å². The van der Waals surface area contributed by atoms with Gasteiger partial charge in [0.2, 0.25) is 5.91 Å². The Morgan fingerprint density at radius 3 is 2.34 bits per heavy atom. The van der Waals surface area contributed by atoms with Gasteiger partial charge >= 0.3 is 0 Å². The molecule has 0 radical (unpaired) electrons. The highest BCUT2D eigenvalue weighted by Gasteiger charge is 2.55. The fraction of sp³-hybridized carbons (Fsp3) is 0.696. The molecular weight excluding hydrogens is 386 g/mol. The Labute approximate surface area is 179 Å². The van der Waals surface area contributed by atoms with E-state index in [4.69, 9.17) is 11.6 Å². The first kappa shape index (κ1) is 21.1. The van der Waals surface area contributed by atoms with E-state index in [9.17, 15) is 9.90 Å². The second-order valence-electron chi connectivity index (χ2n) is 10.1. The molecule has 0 atom stereocenters. The number of benzene rings is 1. The molecule has 0 bridgehead atoms. The van der Waals surface area contributed by atoms with Gasteiger partial charge in [-0.2, -0.15) is 0 Å². The topological polar surface area (TPSA) is 55.8 Å². The van der Waals surface area contributed by atoms with E-state index in [2.05, 4.69) is 22.3 Å². The number of β-amino-alcohol motifs (C(OH)–C–C–N with tert-alkyl or cyclic N) is 1. The van der Waals surface area contributed by atoms with Crippen molar-refractivity contribution in [3.05, 3.63) is 34.9 Å². The summed E-state index contributed by atoms with van der Waals surface area (Å²) in [5.41, 5.74) is 1.01. The minimum absolute atomic E-state index is 0.230. The lowest BCUT2D eigenvalue weighted by atomic mass is 9.49. The van der Waals surface area contributed by atoms with E-state index < -0.39 is 5.60 Å². The van der Waals surface area contributed by atoms with Crippen LogP contribution in [0.4, 0.5) is 0 Å². The van der Waals surface area contributed by atoms with Crippen molar-refractivity contribution in [2.75, 3.05) is 32.7 Å². The number of nitrogens with zero attached hydrogens (tertiary/aromatic N) is 2. The van der Waals surface area contributed by atoms with Crippen LogP contribution in [0.25, 0.3) is 0 Å². The van der Waals surface area contributed by atoms with Crippen molar-refractivity contribution in [2.24, 2.45) is 11.3 Å². The maximum absolute atomic E-state index is 12.9. The highest BCUT2D eigenvalue weighted by Crippen LogP contribution is 2.59. The lowest BCUT2D eigenvalue weighted by Gasteiger charge is -2.58. The molecule has 4 rings (SSSR count). The standard InChI is InChI=1S/C23H34ClN3O2/c1-22(2,29)16-26-7-9-27(10-8-26)21(28)18-11-23(12-18)13-20(14-23)25-15-17-3-5-19(24)6-4-17/h3-6,18,20,25,29H,7-16H2,1-2H3. The number of carbonyl (C=O) groups is 1. The van der Waals surface area contributed by atoms with Gasteiger partial charge in [-0.25, -0.2) is 0 Å². The first-order chi connectivity index (χ1) is 13.7. The van der Waals surface area contributed by atoms with Crippen LogP contribution >= 0.6 is 11.6 Å².